The minimum absolute atomic E-state index is 0.0266. The normalized spacial score (nSPS) is 14.8. The van der Waals surface area contributed by atoms with Crippen LogP contribution in [0, 0.1) is 17.6 Å². The molecule has 3 aliphatic heterocycles. The summed E-state index contributed by atoms with van der Waals surface area (Å²) in [6, 6.07) is 12.8. The highest BCUT2D eigenvalue weighted by molar-refractivity contribution is 5.77. The van der Waals surface area contributed by atoms with E-state index in [1.807, 2.05) is 0 Å². The maximum atomic E-state index is 14.3. The van der Waals surface area contributed by atoms with Crippen LogP contribution in [0.15, 0.2) is 72.3 Å². The number of halogens is 2. The molecule has 38 heavy (non-hydrogen) atoms. The highest BCUT2D eigenvalue weighted by atomic mass is 19.2. The van der Waals surface area contributed by atoms with Crippen molar-refractivity contribution in [2.75, 3.05) is 6.61 Å². The van der Waals surface area contributed by atoms with E-state index in [4.69, 9.17) is 4.74 Å². The lowest BCUT2D eigenvalue weighted by Gasteiger charge is -2.12. The van der Waals surface area contributed by atoms with E-state index in [9.17, 15) is 8.78 Å². The van der Waals surface area contributed by atoms with E-state index >= 15 is 0 Å². The van der Waals surface area contributed by atoms with Gasteiger partial charge < -0.3 is 4.74 Å². The number of fused-ring (bicyclic) bond motifs is 1. The van der Waals surface area contributed by atoms with Crippen LogP contribution in [0.2, 0.25) is 0 Å². The van der Waals surface area contributed by atoms with Gasteiger partial charge in [0, 0.05) is 6.42 Å². The zero-order valence-electron chi connectivity index (χ0n) is 22.0. The lowest BCUT2D eigenvalue weighted by molar-refractivity contribution is 0.200. The zero-order valence-corrected chi connectivity index (χ0v) is 22.0. The van der Waals surface area contributed by atoms with Crippen molar-refractivity contribution in [2.24, 2.45) is 5.92 Å². The molecule has 0 saturated carbocycles. The fourth-order valence-electron chi connectivity index (χ4n) is 4.59. The Morgan fingerprint density at radius 2 is 1.84 bits per heavy atom. The second-order valence-electron chi connectivity index (χ2n) is 10.0. The monoisotopic (exact) mass is 514 g/mol. The first-order valence-electron chi connectivity index (χ1n) is 13.2. The number of ether oxygens (including phenoxy) is 1. The minimum Gasteiger partial charge on any atom is -0.496 e. The van der Waals surface area contributed by atoms with Crippen molar-refractivity contribution >= 4 is 5.57 Å². The number of imidazole rings is 1. The summed E-state index contributed by atoms with van der Waals surface area (Å²) in [5.41, 5.74) is 6.08. The SMILES string of the molecule is CCC(C)CCc1ccc(C2=C(C)CCOC(Cn3cc4nc(-c5cccc(F)c5F)nc-4cn3)=C2)cc1. The highest BCUT2D eigenvalue weighted by Crippen LogP contribution is 2.29. The maximum Gasteiger partial charge on any atom is 0.169 e. The zero-order chi connectivity index (χ0) is 26.6. The summed E-state index contributed by atoms with van der Waals surface area (Å²) >= 11 is 0. The third kappa shape index (κ3) is 5.67. The van der Waals surface area contributed by atoms with Crippen molar-refractivity contribution in [1.82, 2.24) is 19.7 Å². The van der Waals surface area contributed by atoms with Crippen LogP contribution in [0.5, 0.6) is 0 Å². The molecule has 0 saturated heterocycles. The van der Waals surface area contributed by atoms with E-state index in [1.165, 1.54) is 47.2 Å². The first-order chi connectivity index (χ1) is 18.4. The third-order valence-electron chi connectivity index (χ3n) is 7.24. The minimum atomic E-state index is -0.959. The average Bonchev–Trinajstić information content (AvgIpc) is 3.26. The van der Waals surface area contributed by atoms with Crippen LogP contribution in [0.25, 0.3) is 28.3 Å². The Bertz CT molecular complexity index is 1460. The highest BCUT2D eigenvalue weighted by Gasteiger charge is 2.19. The lowest BCUT2D eigenvalue weighted by Crippen LogP contribution is -2.09. The second kappa shape index (κ2) is 11.3. The summed E-state index contributed by atoms with van der Waals surface area (Å²) in [6.07, 6.45) is 9.79. The Kier molecular flexibility index (Phi) is 7.63. The second-order valence-corrected chi connectivity index (χ2v) is 10.0. The molecule has 0 aliphatic carbocycles. The molecular weight excluding hydrogens is 482 g/mol. The summed E-state index contributed by atoms with van der Waals surface area (Å²) in [4.78, 5) is 8.76. The van der Waals surface area contributed by atoms with Crippen LogP contribution in [-0.4, -0.2) is 26.4 Å². The first-order valence-corrected chi connectivity index (χ1v) is 13.2. The predicted octanol–water partition coefficient (Wildman–Crippen LogP) is 7.48. The number of allylic oxidation sites excluding steroid dienone is 3. The van der Waals surface area contributed by atoms with Crippen molar-refractivity contribution in [3.8, 4) is 22.8 Å². The number of hydrogen-bond donors (Lipinski definition) is 0. The predicted molar refractivity (Wildman–Crippen MR) is 145 cm³/mol. The molecule has 0 bridgehead atoms. The van der Waals surface area contributed by atoms with E-state index in [0.29, 0.717) is 24.5 Å². The first kappa shape index (κ1) is 25.8. The fourth-order valence-corrected chi connectivity index (χ4v) is 4.59. The fraction of sp³-hybridized carbons (Fsp3) is 0.323. The molecule has 2 aromatic rings. The van der Waals surface area contributed by atoms with Gasteiger partial charge >= 0.3 is 0 Å². The van der Waals surface area contributed by atoms with Gasteiger partial charge in [-0.25, -0.2) is 18.7 Å². The Labute approximate surface area is 222 Å². The summed E-state index contributed by atoms with van der Waals surface area (Å²) in [5, 5.41) is 4.46. The molecular formula is C31H32F2N4O. The molecule has 0 aromatic heterocycles. The van der Waals surface area contributed by atoms with Gasteiger partial charge in [-0.1, -0.05) is 56.2 Å². The van der Waals surface area contributed by atoms with Gasteiger partial charge in [0.2, 0.25) is 0 Å². The molecule has 0 amide bonds. The van der Waals surface area contributed by atoms with Crippen LogP contribution < -0.4 is 0 Å². The van der Waals surface area contributed by atoms with E-state index in [-0.39, 0.29) is 11.4 Å². The van der Waals surface area contributed by atoms with Crippen LogP contribution in [-0.2, 0) is 17.7 Å². The van der Waals surface area contributed by atoms with Gasteiger partial charge in [-0.3, -0.25) is 4.68 Å². The molecule has 1 unspecified atom stereocenters. The molecule has 0 fully saturated rings. The third-order valence-corrected chi connectivity index (χ3v) is 7.24. The number of hydrogen-bond acceptors (Lipinski definition) is 4. The molecule has 2 aromatic carbocycles. The Balaban J connectivity index is 1.36. The quantitative estimate of drug-likeness (QED) is 0.245. The van der Waals surface area contributed by atoms with Gasteiger partial charge in [0.05, 0.1) is 31.1 Å². The Morgan fingerprint density at radius 1 is 1.05 bits per heavy atom. The molecule has 0 radical (unpaired) electrons. The topological polar surface area (TPSA) is 52.8 Å². The van der Waals surface area contributed by atoms with E-state index < -0.39 is 11.6 Å². The number of benzene rings is 2. The van der Waals surface area contributed by atoms with Gasteiger partial charge in [0.15, 0.2) is 17.5 Å². The average molecular weight is 515 g/mol. The maximum absolute atomic E-state index is 14.3. The van der Waals surface area contributed by atoms with Crippen molar-refractivity contribution < 1.29 is 13.5 Å². The van der Waals surface area contributed by atoms with Gasteiger partial charge in [-0.2, -0.15) is 5.10 Å². The van der Waals surface area contributed by atoms with Crippen molar-refractivity contribution in [2.45, 2.75) is 53.0 Å². The van der Waals surface area contributed by atoms with Crippen molar-refractivity contribution in [1.29, 1.82) is 0 Å². The number of aromatic nitrogens is 4. The largest absolute Gasteiger partial charge is 0.496 e. The molecule has 1 atom stereocenters. The number of rotatable bonds is 8. The standard InChI is InChI=1S/C31H32F2N4O/c1-4-20(2)8-9-22-10-12-23(13-11-22)26-16-24(38-15-14-21(26)3)18-37-19-29-28(17-34-37)35-31(36-29)25-6-5-7-27(32)30(25)33/h5-7,10-13,16-17,19-20H,4,8-9,14-15,18H2,1-3H3. The number of nitrogens with zero attached hydrogens (tertiary/aromatic N) is 4. The van der Waals surface area contributed by atoms with Crippen LogP contribution >= 0.6 is 0 Å². The van der Waals surface area contributed by atoms with Gasteiger partial charge in [0.25, 0.3) is 0 Å². The van der Waals surface area contributed by atoms with Crippen LogP contribution in [0.4, 0.5) is 8.78 Å². The molecule has 3 aliphatic rings. The number of aryl methyl sites for hydroxylation is 1. The molecule has 196 valence electrons. The van der Waals surface area contributed by atoms with Gasteiger partial charge in [-0.15, -0.1) is 0 Å². The Morgan fingerprint density at radius 3 is 2.63 bits per heavy atom. The molecule has 0 spiro atoms. The van der Waals surface area contributed by atoms with Gasteiger partial charge in [0.1, 0.15) is 17.1 Å². The van der Waals surface area contributed by atoms with Crippen molar-refractivity contribution in [3.05, 3.63) is 95.0 Å². The van der Waals surface area contributed by atoms with E-state index in [0.717, 1.165) is 30.6 Å². The Hall–Kier alpha value is -3.87. The molecule has 5 rings (SSSR count). The van der Waals surface area contributed by atoms with Crippen LogP contribution in [0.1, 0.15) is 51.2 Å². The van der Waals surface area contributed by atoms with E-state index in [1.54, 1.807) is 17.1 Å². The summed E-state index contributed by atoms with van der Waals surface area (Å²) in [7, 11) is 0. The molecule has 5 nitrogen and oxygen atoms in total. The summed E-state index contributed by atoms with van der Waals surface area (Å²) < 4.78 is 35.7. The summed E-state index contributed by atoms with van der Waals surface area (Å²) in [6.45, 7) is 7.70. The van der Waals surface area contributed by atoms with Gasteiger partial charge in [-0.05, 0) is 60.6 Å². The molecule has 3 heterocycles. The lowest BCUT2D eigenvalue weighted by atomic mass is 9.95. The summed E-state index contributed by atoms with van der Waals surface area (Å²) in [5.74, 6) is -0.218. The molecule has 7 heteroatoms. The van der Waals surface area contributed by atoms with Crippen LogP contribution in [0.3, 0.4) is 0 Å². The smallest absolute Gasteiger partial charge is 0.169 e. The molecule has 0 N–H and O–H groups in total. The van der Waals surface area contributed by atoms with E-state index in [2.05, 4.69) is 66.2 Å². The van der Waals surface area contributed by atoms with Crippen molar-refractivity contribution in [3.63, 3.8) is 0 Å².